The van der Waals surface area contributed by atoms with Crippen LogP contribution < -0.4 is 0 Å². The maximum atomic E-state index is 13.4. The molecule has 1 spiro atoms. The number of aliphatic hydroxyl groups is 1. The number of ketones is 2. The number of hydrogen-bond acceptors (Lipinski definition) is 7. The molecule has 0 amide bonds. The molecule has 3 N–H and O–H groups in total. The van der Waals surface area contributed by atoms with Gasteiger partial charge in [0.15, 0.2) is 17.7 Å². The minimum Gasteiger partial charge on any atom is -0.481 e. The van der Waals surface area contributed by atoms with Gasteiger partial charge in [-0.2, -0.15) is 0 Å². The van der Waals surface area contributed by atoms with E-state index in [4.69, 9.17) is 9.84 Å². The smallest absolute Gasteiger partial charge is 0.333 e. The molecular formula is C24H28O8S. The molecule has 2 saturated carbocycles. The molecule has 0 aromatic carbocycles. The van der Waals surface area contributed by atoms with E-state index in [-0.39, 0.29) is 40.5 Å². The van der Waals surface area contributed by atoms with Gasteiger partial charge in [0.05, 0.1) is 23.5 Å². The highest BCUT2D eigenvalue weighted by Gasteiger charge is 2.67. The molecule has 178 valence electrons. The van der Waals surface area contributed by atoms with Crippen LogP contribution in [0.25, 0.3) is 0 Å². The molecule has 5 rings (SSSR count). The Morgan fingerprint density at radius 3 is 2.67 bits per heavy atom. The Bertz CT molecular complexity index is 998. The normalized spacial score (nSPS) is 40.5. The Hall–Kier alpha value is -1.97. The summed E-state index contributed by atoms with van der Waals surface area (Å²) in [6.07, 6.45) is 2.40. The summed E-state index contributed by atoms with van der Waals surface area (Å²) in [7, 11) is 0. The second-order valence-electron chi connectivity index (χ2n) is 10.2. The third-order valence-electron chi connectivity index (χ3n) is 8.86. The number of thioether (sulfide) groups is 1. The van der Waals surface area contributed by atoms with Crippen LogP contribution in [0.15, 0.2) is 22.1 Å². The maximum absolute atomic E-state index is 13.4. The highest BCUT2D eigenvalue weighted by molar-refractivity contribution is 8.04. The van der Waals surface area contributed by atoms with Crippen LogP contribution in [-0.2, 0) is 23.9 Å². The fraction of sp³-hybridized carbons (Fsp3) is 0.667. The van der Waals surface area contributed by atoms with Crippen molar-refractivity contribution in [3.05, 3.63) is 22.1 Å². The summed E-state index contributed by atoms with van der Waals surface area (Å²) in [5.41, 5.74) is 0.259. The number of carboxylic acid groups (broad SMARTS) is 2. The van der Waals surface area contributed by atoms with Crippen LogP contribution in [0.1, 0.15) is 39.0 Å². The summed E-state index contributed by atoms with van der Waals surface area (Å²) in [6, 6.07) is 0. The number of carbonyl (C=O) groups excluding carboxylic acids is 2. The lowest BCUT2D eigenvalue weighted by molar-refractivity contribution is -0.159. The predicted octanol–water partition coefficient (Wildman–Crippen LogP) is 2.06. The van der Waals surface area contributed by atoms with Crippen molar-refractivity contribution in [1.29, 1.82) is 0 Å². The molecule has 8 nitrogen and oxygen atoms in total. The van der Waals surface area contributed by atoms with Gasteiger partial charge >= 0.3 is 11.9 Å². The first-order chi connectivity index (χ1) is 15.7. The molecule has 0 radical (unpaired) electrons. The van der Waals surface area contributed by atoms with Gasteiger partial charge in [0.1, 0.15) is 0 Å². The maximum Gasteiger partial charge on any atom is 0.333 e. The quantitative estimate of drug-likeness (QED) is 0.509. The number of hydrogen-bond donors (Lipinski definition) is 3. The molecule has 33 heavy (non-hydrogen) atoms. The molecule has 4 aliphatic carbocycles. The fourth-order valence-electron chi connectivity index (χ4n) is 7.53. The summed E-state index contributed by atoms with van der Waals surface area (Å²) in [5.74, 6) is -3.05. The van der Waals surface area contributed by atoms with Crippen molar-refractivity contribution in [1.82, 2.24) is 0 Å². The van der Waals surface area contributed by atoms with Gasteiger partial charge in [0, 0.05) is 28.4 Å². The van der Waals surface area contributed by atoms with Crippen LogP contribution in [0.2, 0.25) is 0 Å². The standard InChI is InChI=1S/C24H28O8S/c1-10-8-32-21-19-13(20(27)18(7-16(19)25)33-9-17(26)23(30)31)6-15-12(22(28)29)2-3-14-11(10)4-5-24(14,15)21/h7,10-12,14-15,17,21,26H,2-6,8-9H2,1H3,(H,28,29)(H,30,31). The summed E-state index contributed by atoms with van der Waals surface area (Å²) in [4.78, 5) is 50.1. The Balaban J connectivity index is 1.56. The molecule has 0 aromatic heterocycles. The highest BCUT2D eigenvalue weighted by Crippen LogP contribution is 2.68. The monoisotopic (exact) mass is 476 g/mol. The van der Waals surface area contributed by atoms with E-state index in [1.165, 1.54) is 6.08 Å². The van der Waals surface area contributed by atoms with Crippen LogP contribution in [0.5, 0.6) is 0 Å². The Kier molecular flexibility index (Phi) is 5.57. The molecule has 1 aliphatic heterocycles. The molecular weight excluding hydrogens is 448 g/mol. The van der Waals surface area contributed by atoms with Crippen molar-refractivity contribution < 1.29 is 39.2 Å². The van der Waals surface area contributed by atoms with Crippen molar-refractivity contribution in [2.24, 2.45) is 35.0 Å². The van der Waals surface area contributed by atoms with E-state index in [0.717, 1.165) is 31.0 Å². The zero-order chi connectivity index (χ0) is 23.7. The van der Waals surface area contributed by atoms with Crippen molar-refractivity contribution in [2.45, 2.75) is 51.2 Å². The van der Waals surface area contributed by atoms with Gasteiger partial charge in [0.2, 0.25) is 0 Å². The fourth-order valence-corrected chi connectivity index (χ4v) is 8.45. The second kappa shape index (κ2) is 8.06. The van der Waals surface area contributed by atoms with E-state index in [2.05, 4.69) is 6.92 Å². The van der Waals surface area contributed by atoms with Gasteiger partial charge in [-0.1, -0.05) is 6.92 Å². The first kappa shape index (κ1) is 22.8. The average Bonchev–Trinajstić information content (AvgIpc) is 3.10. The Morgan fingerprint density at radius 1 is 1.21 bits per heavy atom. The highest BCUT2D eigenvalue weighted by atomic mass is 32.2. The van der Waals surface area contributed by atoms with Crippen LogP contribution in [0, 0.1) is 35.0 Å². The molecule has 2 bridgehead atoms. The number of aliphatic hydroxyl groups excluding tert-OH is 1. The molecule has 0 aromatic rings. The van der Waals surface area contributed by atoms with Gasteiger partial charge in [-0.25, -0.2) is 4.79 Å². The van der Waals surface area contributed by atoms with Gasteiger partial charge in [-0.15, -0.1) is 11.8 Å². The second-order valence-corrected chi connectivity index (χ2v) is 11.3. The van der Waals surface area contributed by atoms with Crippen LogP contribution >= 0.6 is 11.8 Å². The number of fused-ring (bicyclic) bond motifs is 1. The lowest BCUT2D eigenvalue weighted by Crippen LogP contribution is -2.57. The third-order valence-corrected chi connectivity index (χ3v) is 9.96. The topological polar surface area (TPSA) is 138 Å². The van der Waals surface area contributed by atoms with Crippen molar-refractivity contribution in [3.63, 3.8) is 0 Å². The molecule has 8 unspecified atom stereocenters. The largest absolute Gasteiger partial charge is 0.481 e. The van der Waals surface area contributed by atoms with Crippen molar-refractivity contribution in [3.8, 4) is 0 Å². The Labute approximate surface area is 195 Å². The summed E-state index contributed by atoms with van der Waals surface area (Å²) in [6.45, 7) is 2.64. The van der Waals surface area contributed by atoms with E-state index in [1.807, 2.05) is 0 Å². The van der Waals surface area contributed by atoms with Crippen molar-refractivity contribution in [2.75, 3.05) is 12.4 Å². The zero-order valence-electron chi connectivity index (χ0n) is 18.4. The molecule has 1 saturated heterocycles. The lowest BCUT2D eigenvalue weighted by Gasteiger charge is -2.56. The zero-order valence-corrected chi connectivity index (χ0v) is 19.2. The number of Topliss-reactive ketones (excluding diaryl/α,β-unsaturated/α-hetero) is 1. The van der Waals surface area contributed by atoms with Gasteiger partial charge in [-0.3, -0.25) is 14.4 Å². The Morgan fingerprint density at radius 2 is 1.97 bits per heavy atom. The summed E-state index contributed by atoms with van der Waals surface area (Å²) >= 11 is 0.847. The van der Waals surface area contributed by atoms with Crippen molar-refractivity contribution >= 4 is 35.3 Å². The first-order valence-electron chi connectivity index (χ1n) is 11.6. The molecule has 8 atom stereocenters. The summed E-state index contributed by atoms with van der Waals surface area (Å²) in [5, 5.41) is 28.6. The van der Waals surface area contributed by atoms with E-state index >= 15 is 0 Å². The predicted molar refractivity (Wildman–Crippen MR) is 117 cm³/mol. The number of aliphatic carboxylic acids is 2. The number of carbonyl (C=O) groups is 4. The van der Waals surface area contributed by atoms with Crippen LogP contribution in [-0.4, -0.2) is 63.4 Å². The number of carboxylic acids is 2. The molecule has 5 aliphatic rings. The third kappa shape index (κ3) is 3.26. The molecule has 1 heterocycles. The van der Waals surface area contributed by atoms with Crippen LogP contribution in [0.3, 0.4) is 0 Å². The average molecular weight is 477 g/mol. The lowest BCUT2D eigenvalue weighted by atomic mass is 9.48. The number of rotatable bonds is 5. The SMILES string of the molecule is CC1COC2C3=C(CC4C(C(=O)O)CCC5C1CCC245)C(=O)C(SCC(O)C(=O)O)=CC3=O. The number of allylic oxidation sites excluding steroid dienone is 3. The van der Waals surface area contributed by atoms with E-state index < -0.39 is 35.5 Å². The molecule has 3 fully saturated rings. The number of ether oxygens (including phenoxy) is 1. The summed E-state index contributed by atoms with van der Waals surface area (Å²) < 4.78 is 6.38. The van der Waals surface area contributed by atoms with E-state index in [9.17, 15) is 29.4 Å². The molecule has 9 heteroatoms. The first-order valence-corrected chi connectivity index (χ1v) is 12.6. The van der Waals surface area contributed by atoms with Crippen LogP contribution in [0.4, 0.5) is 0 Å². The van der Waals surface area contributed by atoms with Gasteiger partial charge < -0.3 is 20.1 Å². The minimum absolute atomic E-state index is 0.0977. The van der Waals surface area contributed by atoms with E-state index in [1.54, 1.807) is 0 Å². The minimum atomic E-state index is -1.65. The van der Waals surface area contributed by atoms with Gasteiger partial charge in [-0.05, 0) is 55.8 Å². The van der Waals surface area contributed by atoms with E-state index in [0.29, 0.717) is 36.0 Å². The van der Waals surface area contributed by atoms with Gasteiger partial charge in [0.25, 0.3) is 0 Å².